The zero-order valence-corrected chi connectivity index (χ0v) is 11.6. The molecule has 1 amide bonds. The Labute approximate surface area is 118 Å². The molecule has 2 atom stereocenters. The van der Waals surface area contributed by atoms with Crippen LogP contribution in [0.3, 0.4) is 0 Å². The molecule has 0 unspecified atom stereocenters. The number of hydrogen-bond acceptors (Lipinski definition) is 4. The highest BCUT2D eigenvalue weighted by molar-refractivity contribution is 5.82. The Hall–Kier alpha value is -1.14. The lowest BCUT2D eigenvalue weighted by atomic mass is 9.74. The molecular weight excluding hydrogens is 262 g/mol. The van der Waals surface area contributed by atoms with Gasteiger partial charge in [0.15, 0.2) is 6.10 Å². The predicted octanol–water partition coefficient (Wildman–Crippen LogP) is 0.678. The summed E-state index contributed by atoms with van der Waals surface area (Å²) in [6, 6.07) is 0. The van der Waals surface area contributed by atoms with Crippen LogP contribution in [-0.2, 0) is 14.3 Å². The van der Waals surface area contributed by atoms with Crippen molar-refractivity contribution in [1.29, 1.82) is 0 Å². The van der Waals surface area contributed by atoms with E-state index in [1.165, 1.54) is 6.42 Å². The number of nitrogens with one attached hydrogen (secondary N) is 1. The maximum atomic E-state index is 12.0. The van der Waals surface area contributed by atoms with Gasteiger partial charge in [-0.2, -0.15) is 0 Å². The van der Waals surface area contributed by atoms with Crippen molar-refractivity contribution in [1.82, 2.24) is 5.32 Å². The number of rotatable bonds is 5. The molecule has 0 aromatic heterocycles. The highest BCUT2D eigenvalue weighted by Crippen LogP contribution is 2.35. The third kappa shape index (κ3) is 3.49. The molecule has 1 aliphatic carbocycles. The summed E-state index contributed by atoms with van der Waals surface area (Å²) in [5, 5.41) is 21.2. The number of hydrogen-bond donors (Lipinski definition) is 3. The van der Waals surface area contributed by atoms with Gasteiger partial charge in [-0.15, -0.1) is 0 Å². The first-order chi connectivity index (χ1) is 9.56. The molecule has 3 N–H and O–H groups in total. The molecule has 0 radical (unpaired) electrons. The van der Waals surface area contributed by atoms with Crippen LogP contribution >= 0.6 is 0 Å². The summed E-state index contributed by atoms with van der Waals surface area (Å²) in [7, 11) is 0. The van der Waals surface area contributed by atoms with Gasteiger partial charge in [-0.25, -0.2) is 4.79 Å². The van der Waals surface area contributed by atoms with E-state index in [0.717, 1.165) is 25.7 Å². The van der Waals surface area contributed by atoms with Gasteiger partial charge in [-0.1, -0.05) is 19.3 Å². The van der Waals surface area contributed by atoms with Crippen molar-refractivity contribution in [2.75, 3.05) is 13.2 Å². The summed E-state index contributed by atoms with van der Waals surface area (Å²) in [5.41, 5.74) is -0.210. The molecule has 1 aliphatic heterocycles. The fourth-order valence-electron chi connectivity index (χ4n) is 3.09. The van der Waals surface area contributed by atoms with Gasteiger partial charge in [-0.05, 0) is 25.7 Å². The van der Waals surface area contributed by atoms with Crippen LogP contribution in [0, 0.1) is 5.41 Å². The van der Waals surface area contributed by atoms with Crippen molar-refractivity contribution in [2.24, 2.45) is 5.41 Å². The topological polar surface area (TPSA) is 95.9 Å². The predicted molar refractivity (Wildman–Crippen MR) is 71.1 cm³/mol. The van der Waals surface area contributed by atoms with E-state index in [2.05, 4.69) is 5.32 Å². The van der Waals surface area contributed by atoms with Crippen LogP contribution in [0.1, 0.15) is 44.9 Å². The van der Waals surface area contributed by atoms with Crippen LogP contribution in [-0.4, -0.2) is 47.4 Å². The maximum Gasteiger partial charge on any atom is 0.332 e. The minimum atomic E-state index is -1.01. The maximum absolute atomic E-state index is 12.0. The van der Waals surface area contributed by atoms with Crippen LogP contribution < -0.4 is 5.32 Å². The zero-order chi connectivity index (χ0) is 14.6. The lowest BCUT2D eigenvalue weighted by Gasteiger charge is -2.35. The molecule has 6 heteroatoms. The van der Waals surface area contributed by atoms with Gasteiger partial charge >= 0.3 is 5.97 Å². The second kappa shape index (κ2) is 6.54. The lowest BCUT2D eigenvalue weighted by Crippen LogP contribution is -2.44. The highest BCUT2D eigenvalue weighted by atomic mass is 16.5. The highest BCUT2D eigenvalue weighted by Gasteiger charge is 2.36. The van der Waals surface area contributed by atoms with Crippen LogP contribution in [0.2, 0.25) is 0 Å². The fourth-order valence-corrected chi connectivity index (χ4v) is 3.09. The molecule has 1 saturated carbocycles. The average molecular weight is 285 g/mol. The Kier molecular flexibility index (Phi) is 4.99. The van der Waals surface area contributed by atoms with E-state index < -0.39 is 18.2 Å². The number of carboxylic acid groups (broad SMARTS) is 1. The molecule has 0 aromatic rings. The van der Waals surface area contributed by atoms with Gasteiger partial charge in [-0.3, -0.25) is 4.79 Å². The Balaban J connectivity index is 1.81. The lowest BCUT2D eigenvalue weighted by molar-refractivity contribution is -0.151. The van der Waals surface area contributed by atoms with Crippen molar-refractivity contribution >= 4 is 11.9 Å². The molecule has 2 rings (SSSR count). The van der Waals surface area contributed by atoms with E-state index in [1.807, 2.05) is 0 Å². The van der Waals surface area contributed by atoms with E-state index in [0.29, 0.717) is 19.4 Å². The van der Waals surface area contributed by atoms with Gasteiger partial charge in [0.2, 0.25) is 5.91 Å². The molecule has 0 spiro atoms. The summed E-state index contributed by atoms with van der Waals surface area (Å²) >= 11 is 0. The number of aliphatic hydroxyl groups excluding tert-OH is 1. The van der Waals surface area contributed by atoms with Crippen LogP contribution in [0.5, 0.6) is 0 Å². The van der Waals surface area contributed by atoms with E-state index in [1.54, 1.807) is 0 Å². The second-order valence-corrected chi connectivity index (χ2v) is 5.97. The molecule has 2 aliphatic rings. The Morgan fingerprint density at radius 1 is 1.15 bits per heavy atom. The SMILES string of the molecule is O=C(NCC1(CO)CCCCC1)[C@@H]1CC[C@H](C(=O)O)O1. The second-order valence-electron chi connectivity index (χ2n) is 5.97. The van der Waals surface area contributed by atoms with Gasteiger partial charge in [0.1, 0.15) is 6.10 Å². The Morgan fingerprint density at radius 3 is 2.35 bits per heavy atom. The number of carboxylic acids is 1. The number of ether oxygens (including phenoxy) is 1. The third-order valence-corrected chi connectivity index (χ3v) is 4.47. The van der Waals surface area contributed by atoms with Gasteiger partial charge in [0.05, 0.1) is 6.61 Å². The molecule has 1 saturated heterocycles. The molecule has 114 valence electrons. The Bertz CT molecular complexity index is 365. The number of carbonyl (C=O) groups excluding carboxylic acids is 1. The molecule has 0 aromatic carbocycles. The summed E-state index contributed by atoms with van der Waals surface area (Å²) in [6.07, 6.45) is 4.46. The largest absolute Gasteiger partial charge is 0.479 e. The van der Waals surface area contributed by atoms with Crippen LogP contribution in [0.15, 0.2) is 0 Å². The van der Waals surface area contributed by atoms with E-state index in [-0.39, 0.29) is 17.9 Å². The van der Waals surface area contributed by atoms with Crippen LogP contribution in [0.4, 0.5) is 0 Å². The van der Waals surface area contributed by atoms with Crippen LogP contribution in [0.25, 0.3) is 0 Å². The summed E-state index contributed by atoms with van der Waals surface area (Å²) in [5.74, 6) is -1.27. The summed E-state index contributed by atoms with van der Waals surface area (Å²) in [6.45, 7) is 0.524. The molecule has 20 heavy (non-hydrogen) atoms. The first kappa shape index (κ1) is 15.3. The zero-order valence-electron chi connectivity index (χ0n) is 11.6. The van der Waals surface area contributed by atoms with E-state index in [4.69, 9.17) is 9.84 Å². The fraction of sp³-hybridized carbons (Fsp3) is 0.857. The minimum Gasteiger partial charge on any atom is -0.479 e. The third-order valence-electron chi connectivity index (χ3n) is 4.47. The minimum absolute atomic E-state index is 0.0799. The standard InChI is InChI=1S/C14H23NO5/c16-9-14(6-2-1-3-7-14)8-15-12(17)10-4-5-11(20-10)13(18)19/h10-11,16H,1-9H2,(H,15,17)(H,18,19)/t10-,11+/m0/s1. The Morgan fingerprint density at radius 2 is 1.80 bits per heavy atom. The summed E-state index contributed by atoms with van der Waals surface area (Å²) < 4.78 is 5.22. The molecule has 2 fully saturated rings. The quantitative estimate of drug-likeness (QED) is 0.690. The van der Waals surface area contributed by atoms with Gasteiger partial charge in [0.25, 0.3) is 0 Å². The van der Waals surface area contributed by atoms with Gasteiger partial charge < -0.3 is 20.3 Å². The normalized spacial score (nSPS) is 29.1. The number of aliphatic carboxylic acids is 1. The first-order valence-electron chi connectivity index (χ1n) is 7.33. The average Bonchev–Trinajstić information content (AvgIpc) is 2.96. The number of carbonyl (C=O) groups is 2. The van der Waals surface area contributed by atoms with Crippen molar-refractivity contribution in [3.63, 3.8) is 0 Å². The monoisotopic (exact) mass is 285 g/mol. The molecule has 0 bridgehead atoms. The number of amides is 1. The smallest absolute Gasteiger partial charge is 0.332 e. The van der Waals surface area contributed by atoms with Crippen molar-refractivity contribution < 1.29 is 24.5 Å². The molecule has 1 heterocycles. The molecular formula is C14H23NO5. The van der Waals surface area contributed by atoms with Crippen molar-refractivity contribution in [2.45, 2.75) is 57.2 Å². The number of aliphatic hydroxyl groups is 1. The van der Waals surface area contributed by atoms with Crippen molar-refractivity contribution in [3.05, 3.63) is 0 Å². The first-order valence-corrected chi connectivity index (χ1v) is 7.33. The van der Waals surface area contributed by atoms with E-state index in [9.17, 15) is 14.7 Å². The molecule has 6 nitrogen and oxygen atoms in total. The van der Waals surface area contributed by atoms with E-state index >= 15 is 0 Å². The summed E-state index contributed by atoms with van der Waals surface area (Å²) in [4.78, 5) is 22.8. The van der Waals surface area contributed by atoms with Gasteiger partial charge in [0, 0.05) is 12.0 Å². The van der Waals surface area contributed by atoms with Crippen molar-refractivity contribution in [3.8, 4) is 0 Å².